The molecule has 24 heteroatoms. The van der Waals surface area contributed by atoms with Crippen molar-refractivity contribution in [1.29, 1.82) is 0 Å². The van der Waals surface area contributed by atoms with E-state index in [4.69, 9.17) is 13.8 Å². The molecule has 3 saturated carbocycles. The SMILES string of the molecule is C[C@@H]1CCC2CC(OC(=O)NCCC(=O)NCCC(=O)N[C@@H](CCC(=O)O)C(=O)N[C@@H](CCC(=O)O)C(=O)NCCSSCCC(=O)NCCCCCCOP(=O)(O)OC3CCCCCCCC3)CCC2(C)C1CCC(C)(C)C. The highest BCUT2D eigenvalue weighted by molar-refractivity contribution is 8.76. The highest BCUT2D eigenvalue weighted by atomic mass is 33.1. The predicted molar refractivity (Wildman–Crippen MR) is 306 cm³/mol. The molecule has 0 bridgehead atoms. The van der Waals surface area contributed by atoms with Crippen molar-refractivity contribution in [3.8, 4) is 0 Å². The third-order valence-electron chi connectivity index (χ3n) is 15.6. The van der Waals surface area contributed by atoms with E-state index in [0.717, 1.165) is 83.5 Å². The lowest BCUT2D eigenvalue weighted by atomic mass is 9.51. The zero-order valence-electron chi connectivity index (χ0n) is 47.9. The number of carboxylic acids is 2. The maximum Gasteiger partial charge on any atom is 0.472 e. The minimum absolute atomic E-state index is 0.0169. The van der Waals surface area contributed by atoms with Crippen LogP contribution in [0.15, 0.2) is 0 Å². The molecule has 3 rings (SSSR count). The summed E-state index contributed by atoms with van der Waals surface area (Å²) in [6.45, 7) is 12.4. The standard InChI is InChI=1S/C55H97N6O15PS2/c1-39-18-19-40-38-42(24-30-55(40,5)43(39)25-29-54(2,3)4)75-53(71)59-33-26-46(62)57-32-27-48(64)60-45(21-23-50(67)68)52(70)61-44(20-22-49(65)66)51(69)58-34-37-79-78-36-28-47(63)56-31-14-10-11-15-35-74-77(72,73)76-41-16-12-8-6-7-9-13-17-41/h39-45H,6-38H2,1-5H3,(H,56,63)(H,57,62)(H,58,69)(H,59,71)(H,60,64)(H,61,70)(H,65,66)(H,67,68)(H,72,73)/t39-,40?,42?,43?,44+,45+,55?/m1/s1. The normalized spacial score (nSPS) is 22.4. The van der Waals surface area contributed by atoms with E-state index in [2.05, 4.69) is 66.5 Å². The highest BCUT2D eigenvalue weighted by Crippen LogP contribution is 2.57. The van der Waals surface area contributed by atoms with Gasteiger partial charge in [0.1, 0.15) is 18.2 Å². The maximum absolute atomic E-state index is 13.4. The number of ether oxygens (including phenoxy) is 1. The fourth-order valence-electron chi connectivity index (χ4n) is 11.0. The number of unbranched alkanes of at least 4 members (excludes halogenated alkanes) is 3. The number of hydrogen-bond acceptors (Lipinski definition) is 14. The summed E-state index contributed by atoms with van der Waals surface area (Å²) in [5.41, 5.74) is 0.507. The molecule has 0 aromatic carbocycles. The molecule has 454 valence electrons. The van der Waals surface area contributed by atoms with E-state index in [-0.39, 0.29) is 87.3 Å². The van der Waals surface area contributed by atoms with Crippen molar-refractivity contribution in [1.82, 2.24) is 31.9 Å². The minimum atomic E-state index is -4.10. The van der Waals surface area contributed by atoms with Crippen molar-refractivity contribution < 1.29 is 71.8 Å². The lowest BCUT2D eigenvalue weighted by Gasteiger charge is -2.55. The van der Waals surface area contributed by atoms with Gasteiger partial charge < -0.3 is 51.7 Å². The van der Waals surface area contributed by atoms with Crippen LogP contribution in [0.25, 0.3) is 0 Å². The van der Waals surface area contributed by atoms with Gasteiger partial charge in [0.05, 0.1) is 12.7 Å². The van der Waals surface area contributed by atoms with Crippen LogP contribution in [-0.4, -0.2) is 131 Å². The number of carbonyl (C=O) groups is 8. The summed E-state index contributed by atoms with van der Waals surface area (Å²) >= 11 is 0. The lowest BCUT2D eigenvalue weighted by molar-refractivity contribution is -0.139. The number of phosphoric ester groups is 1. The number of nitrogens with one attached hydrogen (secondary N) is 6. The Bertz CT molecular complexity index is 1960. The zero-order chi connectivity index (χ0) is 58.3. The summed E-state index contributed by atoms with van der Waals surface area (Å²) < 4.78 is 28.9. The van der Waals surface area contributed by atoms with E-state index in [9.17, 15) is 58.0 Å². The van der Waals surface area contributed by atoms with Crippen LogP contribution < -0.4 is 31.9 Å². The van der Waals surface area contributed by atoms with Crippen LogP contribution in [0.4, 0.5) is 4.79 Å². The summed E-state index contributed by atoms with van der Waals surface area (Å²) in [6, 6.07) is -2.70. The van der Waals surface area contributed by atoms with Gasteiger partial charge in [0, 0.05) is 69.8 Å². The summed E-state index contributed by atoms with van der Waals surface area (Å²) in [4.78, 5) is 110. The van der Waals surface area contributed by atoms with E-state index in [1.165, 1.54) is 53.7 Å². The molecular weight excluding hydrogens is 1080 g/mol. The van der Waals surface area contributed by atoms with Gasteiger partial charge in [-0.2, -0.15) is 0 Å². The lowest BCUT2D eigenvalue weighted by Crippen LogP contribution is -2.54. The Balaban J connectivity index is 1.28. The second kappa shape index (κ2) is 37.5. The van der Waals surface area contributed by atoms with Gasteiger partial charge in [-0.25, -0.2) is 9.36 Å². The first-order valence-electron chi connectivity index (χ1n) is 29.2. The number of hydrogen-bond donors (Lipinski definition) is 9. The fraction of sp³-hybridized carbons (Fsp3) is 0.855. The van der Waals surface area contributed by atoms with Crippen LogP contribution in [0.1, 0.15) is 202 Å². The summed E-state index contributed by atoms with van der Waals surface area (Å²) in [6.07, 6.45) is 15.7. The topological polar surface area (TPSA) is 314 Å². The van der Waals surface area contributed by atoms with Crippen molar-refractivity contribution >= 4 is 77.0 Å². The van der Waals surface area contributed by atoms with Crippen molar-refractivity contribution in [2.45, 2.75) is 226 Å². The summed E-state index contributed by atoms with van der Waals surface area (Å²) in [5, 5.41) is 34.4. The first-order chi connectivity index (χ1) is 37.5. The van der Waals surface area contributed by atoms with E-state index >= 15 is 0 Å². The molecule has 3 aliphatic rings. The quantitative estimate of drug-likeness (QED) is 0.0161. The van der Waals surface area contributed by atoms with Crippen LogP contribution in [0.3, 0.4) is 0 Å². The number of carbonyl (C=O) groups excluding carboxylic acids is 6. The van der Waals surface area contributed by atoms with Gasteiger partial charge in [-0.15, -0.1) is 0 Å². The van der Waals surface area contributed by atoms with Gasteiger partial charge >= 0.3 is 25.9 Å². The molecule has 3 fully saturated rings. The van der Waals surface area contributed by atoms with Crippen LogP contribution >= 0.6 is 29.4 Å². The van der Waals surface area contributed by atoms with Gasteiger partial charge in [-0.1, -0.05) is 114 Å². The smallest absolute Gasteiger partial charge is 0.472 e. The maximum atomic E-state index is 13.4. The van der Waals surface area contributed by atoms with E-state index < -0.39 is 74.4 Å². The van der Waals surface area contributed by atoms with Gasteiger partial charge in [-0.3, -0.25) is 42.6 Å². The molecule has 0 aromatic heterocycles. The highest BCUT2D eigenvalue weighted by Gasteiger charge is 2.50. The molecule has 0 radical (unpaired) electrons. The Morgan fingerprint density at radius 1 is 0.646 bits per heavy atom. The van der Waals surface area contributed by atoms with Gasteiger partial charge in [0.2, 0.25) is 29.5 Å². The first kappa shape index (κ1) is 69.6. The monoisotopic (exact) mass is 1180 g/mol. The van der Waals surface area contributed by atoms with Crippen molar-refractivity contribution in [2.75, 3.05) is 44.3 Å². The molecule has 3 aliphatic carbocycles. The second-order valence-electron chi connectivity index (χ2n) is 23.3. The third kappa shape index (κ3) is 30.3. The number of rotatable bonds is 36. The Kier molecular flexibility index (Phi) is 33.0. The van der Waals surface area contributed by atoms with Gasteiger partial charge in [0.15, 0.2) is 0 Å². The Morgan fingerprint density at radius 2 is 1.24 bits per heavy atom. The molecule has 0 saturated heterocycles. The molecule has 8 atom stereocenters. The van der Waals surface area contributed by atoms with Gasteiger partial charge in [0.25, 0.3) is 0 Å². The average molecular weight is 1180 g/mol. The molecule has 0 aromatic rings. The number of fused-ring (bicyclic) bond motifs is 1. The predicted octanol–water partition coefficient (Wildman–Crippen LogP) is 8.56. The number of alkyl carbamates (subject to hydrolysis) is 1. The molecule has 0 heterocycles. The Labute approximate surface area is 477 Å². The van der Waals surface area contributed by atoms with Crippen LogP contribution in [0, 0.1) is 28.6 Å². The fourth-order valence-corrected chi connectivity index (χ4v) is 13.9. The first-order valence-corrected chi connectivity index (χ1v) is 33.1. The number of amides is 6. The summed E-state index contributed by atoms with van der Waals surface area (Å²) in [5.74, 6) is -2.50. The summed E-state index contributed by atoms with van der Waals surface area (Å²) in [7, 11) is -1.26. The number of aliphatic carboxylic acids is 2. The van der Waals surface area contributed by atoms with Crippen molar-refractivity contribution in [2.24, 2.45) is 28.6 Å². The molecule has 9 N–H and O–H groups in total. The average Bonchev–Trinajstić information content (AvgIpc) is 3.60. The van der Waals surface area contributed by atoms with E-state index in [1.807, 2.05) is 0 Å². The van der Waals surface area contributed by atoms with Crippen molar-refractivity contribution in [3.05, 3.63) is 0 Å². The Hall–Kier alpha value is -3.63. The second-order valence-corrected chi connectivity index (χ2v) is 27.4. The Morgan fingerprint density at radius 3 is 1.91 bits per heavy atom. The van der Waals surface area contributed by atoms with E-state index in [1.54, 1.807) is 0 Å². The third-order valence-corrected chi connectivity index (χ3v) is 19.0. The molecule has 21 nitrogen and oxygen atoms in total. The molecule has 0 aliphatic heterocycles. The van der Waals surface area contributed by atoms with Crippen LogP contribution in [-0.2, 0) is 51.9 Å². The molecular formula is C55H97N6O15PS2. The van der Waals surface area contributed by atoms with Gasteiger partial charge in [-0.05, 0) is 106 Å². The zero-order valence-corrected chi connectivity index (χ0v) is 50.4. The van der Waals surface area contributed by atoms with Crippen LogP contribution in [0.2, 0.25) is 0 Å². The number of carboxylic acid groups (broad SMARTS) is 2. The largest absolute Gasteiger partial charge is 0.481 e. The molecule has 79 heavy (non-hydrogen) atoms. The minimum Gasteiger partial charge on any atom is -0.481 e. The van der Waals surface area contributed by atoms with Crippen LogP contribution in [0.5, 0.6) is 0 Å². The molecule has 6 amide bonds. The van der Waals surface area contributed by atoms with Crippen molar-refractivity contribution in [3.63, 3.8) is 0 Å². The number of phosphoric acid groups is 1. The van der Waals surface area contributed by atoms with E-state index in [0.29, 0.717) is 42.2 Å². The molecule has 0 spiro atoms. The molecule has 5 unspecified atom stereocenters.